The van der Waals surface area contributed by atoms with Gasteiger partial charge in [-0.05, 0) is 43.2 Å². The fourth-order valence-corrected chi connectivity index (χ4v) is 2.61. The smallest absolute Gasteiger partial charge is 0.293 e. The molecule has 4 aromatic rings. The molecule has 0 bridgehead atoms. The van der Waals surface area contributed by atoms with Crippen molar-refractivity contribution in [2.24, 2.45) is 0 Å². The molecule has 0 saturated heterocycles. The van der Waals surface area contributed by atoms with Crippen LogP contribution < -0.4 is 4.74 Å². The van der Waals surface area contributed by atoms with Gasteiger partial charge in [-0.2, -0.15) is 4.98 Å². The number of aryl methyl sites for hydroxylation is 2. The minimum absolute atomic E-state index is 0.337. The van der Waals surface area contributed by atoms with Crippen LogP contribution in [0.2, 0.25) is 0 Å². The molecule has 4 rings (SSSR count). The third-order valence-corrected chi connectivity index (χ3v) is 4.04. The summed E-state index contributed by atoms with van der Waals surface area (Å²) >= 11 is 0. The molecule has 2 aromatic carbocycles. The summed E-state index contributed by atoms with van der Waals surface area (Å²) in [5.41, 5.74) is 3.14. The SMILES string of the molecule is Cc1ccc(C)c(OCc2ccc(-c3nc(-c4ccccc4)no3)o2)c1. The summed E-state index contributed by atoms with van der Waals surface area (Å²) in [5.74, 6) is 2.96. The fraction of sp³-hybridized carbons (Fsp3) is 0.143. The topological polar surface area (TPSA) is 61.3 Å². The quantitative estimate of drug-likeness (QED) is 0.497. The molecule has 0 spiro atoms. The van der Waals surface area contributed by atoms with Crippen LogP contribution in [0.3, 0.4) is 0 Å². The van der Waals surface area contributed by atoms with Crippen LogP contribution in [0.4, 0.5) is 0 Å². The maximum Gasteiger partial charge on any atom is 0.293 e. The van der Waals surface area contributed by atoms with Crippen LogP contribution in [0.5, 0.6) is 5.75 Å². The van der Waals surface area contributed by atoms with Gasteiger partial charge in [0.2, 0.25) is 5.82 Å². The second-order valence-corrected chi connectivity index (χ2v) is 6.11. The van der Waals surface area contributed by atoms with E-state index in [2.05, 4.69) is 16.2 Å². The Hall–Kier alpha value is -3.34. The van der Waals surface area contributed by atoms with Crippen molar-refractivity contribution < 1.29 is 13.7 Å². The Balaban J connectivity index is 1.48. The molecule has 0 atom stereocenters. The molecule has 0 aliphatic rings. The van der Waals surface area contributed by atoms with Gasteiger partial charge in [-0.3, -0.25) is 0 Å². The molecule has 0 amide bonds. The van der Waals surface area contributed by atoms with Crippen molar-refractivity contribution in [2.75, 3.05) is 0 Å². The van der Waals surface area contributed by atoms with Gasteiger partial charge in [0.1, 0.15) is 18.1 Å². The van der Waals surface area contributed by atoms with Crippen LogP contribution in [0.1, 0.15) is 16.9 Å². The zero-order chi connectivity index (χ0) is 17.9. The predicted octanol–water partition coefficient (Wildman–Crippen LogP) is 5.19. The van der Waals surface area contributed by atoms with E-state index < -0.39 is 0 Å². The Morgan fingerprint density at radius 1 is 0.962 bits per heavy atom. The van der Waals surface area contributed by atoms with Gasteiger partial charge in [-0.1, -0.05) is 47.6 Å². The van der Waals surface area contributed by atoms with E-state index in [1.807, 2.05) is 68.4 Å². The molecule has 5 nitrogen and oxygen atoms in total. The van der Waals surface area contributed by atoms with E-state index in [9.17, 15) is 0 Å². The molecular formula is C21H18N2O3. The Morgan fingerprint density at radius 3 is 2.65 bits per heavy atom. The first-order valence-corrected chi connectivity index (χ1v) is 8.37. The molecule has 26 heavy (non-hydrogen) atoms. The number of furan rings is 1. The zero-order valence-corrected chi connectivity index (χ0v) is 14.6. The summed E-state index contributed by atoms with van der Waals surface area (Å²) < 4.78 is 17.0. The van der Waals surface area contributed by atoms with Crippen molar-refractivity contribution in [1.29, 1.82) is 0 Å². The Morgan fingerprint density at radius 2 is 1.81 bits per heavy atom. The molecule has 0 N–H and O–H groups in total. The summed E-state index contributed by atoms with van der Waals surface area (Å²) in [4.78, 5) is 4.40. The first kappa shape index (κ1) is 16.1. The molecule has 0 radical (unpaired) electrons. The van der Waals surface area contributed by atoms with Crippen molar-refractivity contribution in [3.05, 3.63) is 77.6 Å². The van der Waals surface area contributed by atoms with E-state index in [0.29, 0.717) is 29.8 Å². The second kappa shape index (κ2) is 6.88. The molecule has 5 heteroatoms. The summed E-state index contributed by atoms with van der Waals surface area (Å²) in [6.07, 6.45) is 0. The maximum absolute atomic E-state index is 5.87. The molecule has 0 fully saturated rings. The number of ether oxygens (including phenoxy) is 1. The van der Waals surface area contributed by atoms with Crippen molar-refractivity contribution in [1.82, 2.24) is 10.1 Å². The minimum Gasteiger partial charge on any atom is -0.485 e. The lowest BCUT2D eigenvalue weighted by Crippen LogP contribution is -1.96. The number of benzene rings is 2. The number of hydrogen-bond acceptors (Lipinski definition) is 5. The van der Waals surface area contributed by atoms with Gasteiger partial charge in [-0.25, -0.2) is 0 Å². The highest BCUT2D eigenvalue weighted by molar-refractivity contribution is 5.57. The van der Waals surface area contributed by atoms with Gasteiger partial charge in [0.15, 0.2) is 5.76 Å². The fourth-order valence-electron chi connectivity index (χ4n) is 2.61. The van der Waals surface area contributed by atoms with Gasteiger partial charge < -0.3 is 13.7 Å². The van der Waals surface area contributed by atoms with E-state index in [4.69, 9.17) is 13.7 Å². The number of aromatic nitrogens is 2. The van der Waals surface area contributed by atoms with Gasteiger partial charge in [0.05, 0.1) is 0 Å². The monoisotopic (exact) mass is 346 g/mol. The predicted molar refractivity (Wildman–Crippen MR) is 97.7 cm³/mol. The van der Waals surface area contributed by atoms with Crippen LogP contribution >= 0.6 is 0 Å². The van der Waals surface area contributed by atoms with Crippen molar-refractivity contribution in [3.63, 3.8) is 0 Å². The largest absolute Gasteiger partial charge is 0.485 e. The summed E-state index contributed by atoms with van der Waals surface area (Å²) in [5, 5.41) is 4.01. The summed E-state index contributed by atoms with van der Waals surface area (Å²) in [6, 6.07) is 19.5. The third kappa shape index (κ3) is 3.37. The maximum atomic E-state index is 5.87. The lowest BCUT2D eigenvalue weighted by atomic mass is 10.1. The number of hydrogen-bond donors (Lipinski definition) is 0. The lowest BCUT2D eigenvalue weighted by Gasteiger charge is -2.08. The third-order valence-electron chi connectivity index (χ3n) is 4.04. The molecule has 0 aliphatic carbocycles. The number of rotatable bonds is 5. The van der Waals surface area contributed by atoms with E-state index in [0.717, 1.165) is 22.4 Å². The molecular weight excluding hydrogens is 328 g/mol. The average Bonchev–Trinajstić information content (AvgIpc) is 3.32. The molecule has 2 aromatic heterocycles. The van der Waals surface area contributed by atoms with Crippen LogP contribution in [-0.4, -0.2) is 10.1 Å². The van der Waals surface area contributed by atoms with Gasteiger partial charge in [-0.15, -0.1) is 0 Å². The lowest BCUT2D eigenvalue weighted by molar-refractivity contribution is 0.268. The van der Waals surface area contributed by atoms with Crippen molar-refractivity contribution in [3.8, 4) is 28.8 Å². The number of nitrogens with zero attached hydrogens (tertiary/aromatic N) is 2. The molecule has 0 unspecified atom stereocenters. The first-order valence-electron chi connectivity index (χ1n) is 8.37. The standard InChI is InChI=1S/C21H18N2O3/c1-14-8-9-15(2)19(12-14)24-13-17-10-11-18(25-17)21-22-20(23-26-21)16-6-4-3-5-7-16/h3-12H,13H2,1-2H3. The van der Waals surface area contributed by atoms with Crippen molar-refractivity contribution in [2.45, 2.75) is 20.5 Å². The molecule has 0 aliphatic heterocycles. The molecule has 130 valence electrons. The van der Waals surface area contributed by atoms with Crippen LogP contribution in [-0.2, 0) is 6.61 Å². The van der Waals surface area contributed by atoms with Crippen LogP contribution in [0.25, 0.3) is 23.0 Å². The second-order valence-electron chi connectivity index (χ2n) is 6.11. The highest BCUT2D eigenvalue weighted by Crippen LogP contribution is 2.25. The van der Waals surface area contributed by atoms with E-state index in [1.165, 1.54) is 0 Å². The minimum atomic E-state index is 0.337. The Bertz CT molecular complexity index is 1020. The highest BCUT2D eigenvalue weighted by atomic mass is 16.5. The van der Waals surface area contributed by atoms with Gasteiger partial charge in [0, 0.05) is 5.56 Å². The van der Waals surface area contributed by atoms with Crippen LogP contribution in [0, 0.1) is 13.8 Å². The molecule has 2 heterocycles. The summed E-state index contributed by atoms with van der Waals surface area (Å²) in [7, 11) is 0. The Kier molecular flexibility index (Phi) is 4.27. The Labute approximate surface area is 151 Å². The van der Waals surface area contributed by atoms with Gasteiger partial charge >= 0.3 is 0 Å². The first-order chi connectivity index (χ1) is 12.7. The van der Waals surface area contributed by atoms with Crippen LogP contribution in [0.15, 0.2) is 69.6 Å². The normalized spacial score (nSPS) is 10.8. The van der Waals surface area contributed by atoms with Gasteiger partial charge in [0.25, 0.3) is 5.89 Å². The summed E-state index contributed by atoms with van der Waals surface area (Å²) in [6.45, 7) is 4.40. The average molecular weight is 346 g/mol. The van der Waals surface area contributed by atoms with E-state index in [-0.39, 0.29) is 0 Å². The zero-order valence-electron chi connectivity index (χ0n) is 14.6. The van der Waals surface area contributed by atoms with E-state index >= 15 is 0 Å². The van der Waals surface area contributed by atoms with Crippen molar-refractivity contribution >= 4 is 0 Å². The highest BCUT2D eigenvalue weighted by Gasteiger charge is 2.14. The van der Waals surface area contributed by atoms with E-state index in [1.54, 1.807) is 0 Å². The molecule has 0 saturated carbocycles.